The van der Waals surface area contributed by atoms with Crippen LogP contribution in [0, 0.1) is 18.8 Å². The number of hydrogen-bond acceptors (Lipinski definition) is 3. The number of aromatic nitrogens is 2. The third-order valence-corrected chi connectivity index (χ3v) is 3.09. The first-order valence-electron chi connectivity index (χ1n) is 4.98. The Morgan fingerprint density at radius 1 is 1.38 bits per heavy atom. The molecule has 1 heterocycles. The van der Waals surface area contributed by atoms with Crippen molar-refractivity contribution in [3.05, 3.63) is 11.7 Å². The van der Waals surface area contributed by atoms with Crippen LogP contribution in [0.15, 0.2) is 4.52 Å². The summed E-state index contributed by atoms with van der Waals surface area (Å²) in [6, 6.07) is 0. The molecule has 1 fully saturated rings. The van der Waals surface area contributed by atoms with Gasteiger partial charge in [0.25, 0.3) is 0 Å². The zero-order valence-electron chi connectivity index (χ0n) is 8.45. The van der Waals surface area contributed by atoms with Crippen molar-refractivity contribution in [2.24, 2.45) is 11.8 Å². The largest absolute Gasteiger partial charge is 0.339 e. The molecule has 1 aromatic heterocycles. The fourth-order valence-corrected chi connectivity index (χ4v) is 1.75. The molecule has 0 aromatic carbocycles. The lowest BCUT2D eigenvalue weighted by Crippen LogP contribution is -2.08. The molecule has 1 saturated carbocycles. The monoisotopic (exact) mass is 180 g/mol. The van der Waals surface area contributed by atoms with Gasteiger partial charge in [-0.3, -0.25) is 0 Å². The van der Waals surface area contributed by atoms with Gasteiger partial charge in [0, 0.05) is 5.92 Å². The van der Waals surface area contributed by atoms with Crippen molar-refractivity contribution < 1.29 is 4.52 Å². The lowest BCUT2D eigenvalue weighted by molar-refractivity contribution is 0.307. The van der Waals surface area contributed by atoms with E-state index in [1.807, 2.05) is 6.92 Å². The van der Waals surface area contributed by atoms with Crippen LogP contribution in [0.1, 0.15) is 44.3 Å². The third-order valence-electron chi connectivity index (χ3n) is 3.09. The van der Waals surface area contributed by atoms with Gasteiger partial charge in [0.1, 0.15) is 0 Å². The second kappa shape index (κ2) is 3.13. The van der Waals surface area contributed by atoms with Gasteiger partial charge >= 0.3 is 0 Å². The molecule has 0 aliphatic heterocycles. The van der Waals surface area contributed by atoms with Crippen LogP contribution in [0.2, 0.25) is 0 Å². The van der Waals surface area contributed by atoms with Gasteiger partial charge in [-0.05, 0) is 31.6 Å². The normalized spacial score (nSPS) is 21.5. The average molecular weight is 180 g/mol. The van der Waals surface area contributed by atoms with Crippen LogP contribution in [0.4, 0.5) is 0 Å². The first-order chi connectivity index (χ1) is 6.18. The Labute approximate surface area is 78.5 Å². The molecular weight excluding hydrogens is 164 g/mol. The molecule has 1 aromatic rings. The number of rotatable bonds is 3. The molecule has 72 valence electrons. The highest BCUT2D eigenvalue weighted by atomic mass is 16.5. The molecule has 0 radical (unpaired) electrons. The van der Waals surface area contributed by atoms with Gasteiger partial charge in [0.05, 0.1) is 0 Å². The topological polar surface area (TPSA) is 38.9 Å². The van der Waals surface area contributed by atoms with E-state index in [0.717, 1.165) is 17.6 Å². The highest BCUT2D eigenvalue weighted by molar-refractivity contribution is 4.96. The molecular formula is C10H16N2O. The second-order valence-corrected chi connectivity index (χ2v) is 4.17. The third kappa shape index (κ3) is 1.74. The van der Waals surface area contributed by atoms with Crippen LogP contribution in [0.5, 0.6) is 0 Å². The second-order valence-electron chi connectivity index (χ2n) is 4.17. The van der Waals surface area contributed by atoms with Gasteiger partial charge in [-0.25, -0.2) is 0 Å². The van der Waals surface area contributed by atoms with Gasteiger partial charge in [-0.15, -0.1) is 0 Å². The van der Waals surface area contributed by atoms with Crippen molar-refractivity contribution in [2.45, 2.75) is 39.5 Å². The Hall–Kier alpha value is -0.860. The van der Waals surface area contributed by atoms with E-state index in [4.69, 9.17) is 4.52 Å². The molecule has 0 spiro atoms. The minimum atomic E-state index is 0.411. The van der Waals surface area contributed by atoms with E-state index >= 15 is 0 Å². The molecule has 2 atom stereocenters. The molecule has 2 rings (SSSR count). The van der Waals surface area contributed by atoms with Crippen LogP contribution in [0.25, 0.3) is 0 Å². The Morgan fingerprint density at radius 2 is 2.08 bits per heavy atom. The molecule has 0 amide bonds. The number of nitrogens with zero attached hydrogens (tertiary/aromatic N) is 2. The SMILES string of the molecule is Cc1noc(C(C)C(C)C2CC2)n1. The zero-order valence-corrected chi connectivity index (χ0v) is 8.45. The van der Waals surface area contributed by atoms with Crippen LogP contribution in [-0.2, 0) is 0 Å². The van der Waals surface area contributed by atoms with Crippen molar-refractivity contribution in [1.29, 1.82) is 0 Å². The minimum absolute atomic E-state index is 0.411. The molecule has 2 unspecified atom stereocenters. The minimum Gasteiger partial charge on any atom is -0.339 e. The highest BCUT2D eigenvalue weighted by Gasteiger charge is 2.33. The molecule has 0 N–H and O–H groups in total. The first kappa shape index (κ1) is 8.73. The van der Waals surface area contributed by atoms with E-state index in [0.29, 0.717) is 11.8 Å². The lowest BCUT2D eigenvalue weighted by atomic mass is 9.91. The van der Waals surface area contributed by atoms with Crippen LogP contribution < -0.4 is 0 Å². The summed E-state index contributed by atoms with van der Waals surface area (Å²) in [6.45, 7) is 6.32. The van der Waals surface area contributed by atoms with Crippen molar-refractivity contribution in [3.63, 3.8) is 0 Å². The summed E-state index contributed by atoms with van der Waals surface area (Å²) >= 11 is 0. The zero-order chi connectivity index (χ0) is 9.42. The Bertz CT molecular complexity index is 291. The van der Waals surface area contributed by atoms with Gasteiger partial charge in [0.2, 0.25) is 5.89 Å². The molecule has 1 aliphatic carbocycles. The standard InChI is InChI=1S/C10H16N2O/c1-6(9-4-5-9)7(2)10-11-8(3)12-13-10/h6-7,9H,4-5H2,1-3H3. The van der Waals surface area contributed by atoms with Crippen molar-refractivity contribution in [2.75, 3.05) is 0 Å². The maximum Gasteiger partial charge on any atom is 0.229 e. The molecule has 1 aliphatic rings. The van der Waals surface area contributed by atoms with Gasteiger partial charge < -0.3 is 4.52 Å². The summed E-state index contributed by atoms with van der Waals surface area (Å²) in [5.74, 6) is 3.53. The molecule has 13 heavy (non-hydrogen) atoms. The lowest BCUT2D eigenvalue weighted by Gasteiger charge is -2.14. The van der Waals surface area contributed by atoms with Crippen molar-refractivity contribution >= 4 is 0 Å². The summed E-state index contributed by atoms with van der Waals surface area (Å²) in [7, 11) is 0. The van der Waals surface area contributed by atoms with E-state index in [1.54, 1.807) is 0 Å². The van der Waals surface area contributed by atoms with Crippen molar-refractivity contribution in [3.8, 4) is 0 Å². The fourth-order valence-electron chi connectivity index (χ4n) is 1.75. The summed E-state index contributed by atoms with van der Waals surface area (Å²) in [5.41, 5.74) is 0. The number of hydrogen-bond donors (Lipinski definition) is 0. The molecule has 0 saturated heterocycles. The summed E-state index contributed by atoms with van der Waals surface area (Å²) in [4.78, 5) is 4.26. The average Bonchev–Trinajstić information content (AvgIpc) is 2.87. The highest BCUT2D eigenvalue weighted by Crippen LogP contribution is 2.42. The van der Waals surface area contributed by atoms with Crippen LogP contribution in [0.3, 0.4) is 0 Å². The van der Waals surface area contributed by atoms with E-state index in [1.165, 1.54) is 12.8 Å². The molecule has 0 bridgehead atoms. The van der Waals surface area contributed by atoms with Gasteiger partial charge in [-0.2, -0.15) is 4.98 Å². The van der Waals surface area contributed by atoms with Crippen LogP contribution >= 0.6 is 0 Å². The Balaban J connectivity index is 2.06. The predicted molar refractivity (Wildman–Crippen MR) is 49.3 cm³/mol. The maximum atomic E-state index is 5.16. The Morgan fingerprint density at radius 3 is 2.54 bits per heavy atom. The predicted octanol–water partition coefficient (Wildman–Crippen LogP) is 2.53. The fraction of sp³-hybridized carbons (Fsp3) is 0.800. The van der Waals surface area contributed by atoms with Crippen LogP contribution in [-0.4, -0.2) is 10.1 Å². The Kier molecular flexibility index (Phi) is 2.10. The molecule has 3 nitrogen and oxygen atoms in total. The number of aryl methyl sites for hydroxylation is 1. The maximum absolute atomic E-state index is 5.16. The van der Waals surface area contributed by atoms with E-state index < -0.39 is 0 Å². The summed E-state index contributed by atoms with van der Waals surface area (Å²) < 4.78 is 5.16. The quantitative estimate of drug-likeness (QED) is 0.717. The summed E-state index contributed by atoms with van der Waals surface area (Å²) in [6.07, 6.45) is 2.75. The van der Waals surface area contributed by atoms with E-state index in [2.05, 4.69) is 24.0 Å². The van der Waals surface area contributed by atoms with E-state index in [9.17, 15) is 0 Å². The van der Waals surface area contributed by atoms with Gasteiger partial charge in [-0.1, -0.05) is 19.0 Å². The smallest absolute Gasteiger partial charge is 0.229 e. The van der Waals surface area contributed by atoms with Gasteiger partial charge in [0.15, 0.2) is 5.82 Å². The van der Waals surface area contributed by atoms with Crippen molar-refractivity contribution in [1.82, 2.24) is 10.1 Å². The van der Waals surface area contributed by atoms with E-state index in [-0.39, 0.29) is 0 Å². The molecule has 3 heteroatoms. The summed E-state index contributed by atoms with van der Waals surface area (Å²) in [5, 5.41) is 3.81. The first-order valence-corrected chi connectivity index (χ1v) is 4.98.